The molecule has 2 saturated heterocycles. The molecule has 0 radical (unpaired) electrons. The lowest BCUT2D eigenvalue weighted by Crippen LogP contribution is -2.48. The summed E-state index contributed by atoms with van der Waals surface area (Å²) in [6.45, 7) is 6.93. The third-order valence-electron chi connectivity index (χ3n) is 6.50. The van der Waals surface area contributed by atoms with E-state index in [0.717, 1.165) is 64.2 Å². The number of amides is 1. The van der Waals surface area contributed by atoms with Gasteiger partial charge in [-0.2, -0.15) is 0 Å². The van der Waals surface area contributed by atoms with E-state index in [9.17, 15) is 13.2 Å². The van der Waals surface area contributed by atoms with Crippen LogP contribution in [0.15, 0.2) is 23.1 Å². The molecule has 0 bridgehead atoms. The number of hydrogen-bond acceptors (Lipinski definition) is 7. The van der Waals surface area contributed by atoms with Crippen molar-refractivity contribution in [3.05, 3.63) is 18.2 Å². The highest BCUT2D eigenvalue weighted by molar-refractivity contribution is 7.89. The third-order valence-corrected chi connectivity index (χ3v) is 8.23. The molecule has 3 rings (SSSR count). The van der Waals surface area contributed by atoms with Gasteiger partial charge in [-0.05, 0) is 44.0 Å². The minimum absolute atomic E-state index is 0.170. The lowest BCUT2D eigenvalue weighted by atomic mass is 10.1. The number of methoxy groups -OCH3 is 1. The summed E-state index contributed by atoms with van der Waals surface area (Å²) in [5, 5.41) is 0. The van der Waals surface area contributed by atoms with Gasteiger partial charge in [-0.15, -0.1) is 11.6 Å². The monoisotopic (exact) mass is 530 g/mol. The standard InChI is InChI=1S/C24H39ClN4O5S/c1-33-23-8-7-21(35(31,32)26-10-5-11-27-16-18-34-19-17-27)20-22(23)28-12-14-29(15-13-28)24(30)6-3-2-4-9-25/h7-8,20,26H,2-6,9-19H2,1H3. The minimum atomic E-state index is -3.64. The first-order valence-electron chi connectivity index (χ1n) is 12.5. The Hall–Kier alpha value is -1.59. The Morgan fingerprint density at radius 1 is 1.06 bits per heavy atom. The number of unbranched alkanes of at least 4 members (excludes halogenated alkanes) is 2. The summed E-state index contributed by atoms with van der Waals surface area (Å²) in [6.07, 6.45) is 4.05. The fourth-order valence-electron chi connectivity index (χ4n) is 4.40. The number of nitrogens with one attached hydrogen (secondary N) is 1. The van der Waals surface area contributed by atoms with Crippen molar-refractivity contribution in [1.82, 2.24) is 14.5 Å². The third kappa shape index (κ3) is 8.49. The smallest absolute Gasteiger partial charge is 0.240 e. The summed E-state index contributed by atoms with van der Waals surface area (Å²) in [5.74, 6) is 1.42. The van der Waals surface area contributed by atoms with E-state index >= 15 is 0 Å². The van der Waals surface area contributed by atoms with Gasteiger partial charge in [0.2, 0.25) is 15.9 Å². The molecular formula is C24H39ClN4O5S. The van der Waals surface area contributed by atoms with Gasteiger partial charge in [0, 0.05) is 58.1 Å². The lowest BCUT2D eigenvalue weighted by molar-refractivity contribution is -0.131. The molecule has 2 heterocycles. The maximum absolute atomic E-state index is 12.9. The van der Waals surface area contributed by atoms with Crippen LogP contribution in [0.4, 0.5) is 5.69 Å². The van der Waals surface area contributed by atoms with E-state index in [1.165, 1.54) is 0 Å². The maximum Gasteiger partial charge on any atom is 0.240 e. The number of sulfonamides is 1. The van der Waals surface area contributed by atoms with Crippen molar-refractivity contribution in [3.8, 4) is 5.75 Å². The molecule has 11 heteroatoms. The van der Waals surface area contributed by atoms with Gasteiger partial charge < -0.3 is 19.3 Å². The molecule has 0 aromatic heterocycles. The number of halogens is 1. The van der Waals surface area contributed by atoms with Crippen LogP contribution in [-0.4, -0.2) is 103 Å². The first kappa shape index (κ1) is 28.0. The molecule has 198 valence electrons. The van der Waals surface area contributed by atoms with Gasteiger partial charge in [0.1, 0.15) is 5.75 Å². The summed E-state index contributed by atoms with van der Waals surface area (Å²) in [4.78, 5) is 19.0. The highest BCUT2D eigenvalue weighted by atomic mass is 35.5. The van der Waals surface area contributed by atoms with Gasteiger partial charge in [0.15, 0.2) is 0 Å². The SMILES string of the molecule is COc1ccc(S(=O)(=O)NCCCN2CCOCC2)cc1N1CCN(C(=O)CCCCCCl)CC1. The number of alkyl halides is 1. The molecule has 9 nitrogen and oxygen atoms in total. The summed E-state index contributed by atoms with van der Waals surface area (Å²) in [7, 11) is -2.06. The number of ether oxygens (including phenoxy) is 2. The molecule has 2 aliphatic rings. The Morgan fingerprint density at radius 2 is 1.80 bits per heavy atom. The number of anilines is 1. The van der Waals surface area contributed by atoms with E-state index in [0.29, 0.717) is 50.8 Å². The number of morpholine rings is 1. The number of hydrogen-bond donors (Lipinski definition) is 1. The van der Waals surface area contributed by atoms with Crippen molar-refractivity contribution in [2.45, 2.75) is 37.0 Å². The molecule has 0 atom stereocenters. The summed E-state index contributed by atoms with van der Waals surface area (Å²) in [6, 6.07) is 4.95. The van der Waals surface area contributed by atoms with Crippen molar-refractivity contribution in [2.75, 3.05) is 83.5 Å². The Morgan fingerprint density at radius 3 is 2.49 bits per heavy atom. The number of benzene rings is 1. The largest absolute Gasteiger partial charge is 0.495 e. The number of rotatable bonds is 13. The molecule has 2 fully saturated rings. The Balaban J connectivity index is 1.54. The molecule has 2 aliphatic heterocycles. The quantitative estimate of drug-likeness (QED) is 0.308. The van der Waals surface area contributed by atoms with E-state index < -0.39 is 10.0 Å². The summed E-state index contributed by atoms with van der Waals surface area (Å²) in [5.41, 5.74) is 0.734. The zero-order valence-corrected chi connectivity index (χ0v) is 22.3. The topological polar surface area (TPSA) is 91.4 Å². The second-order valence-electron chi connectivity index (χ2n) is 8.91. The molecule has 0 unspecified atom stereocenters. The number of nitrogens with zero attached hydrogens (tertiary/aromatic N) is 3. The molecule has 0 aliphatic carbocycles. The molecule has 1 amide bonds. The average Bonchev–Trinajstić information content (AvgIpc) is 2.89. The van der Waals surface area contributed by atoms with Gasteiger partial charge in [-0.25, -0.2) is 13.1 Å². The van der Waals surface area contributed by atoms with E-state index in [2.05, 4.69) is 14.5 Å². The van der Waals surface area contributed by atoms with Crippen molar-refractivity contribution in [3.63, 3.8) is 0 Å². The number of piperazine rings is 1. The van der Waals surface area contributed by atoms with Crippen LogP contribution in [0.25, 0.3) is 0 Å². The highest BCUT2D eigenvalue weighted by Gasteiger charge is 2.25. The van der Waals surface area contributed by atoms with Crippen LogP contribution in [0.3, 0.4) is 0 Å². The fourth-order valence-corrected chi connectivity index (χ4v) is 5.69. The van der Waals surface area contributed by atoms with Crippen LogP contribution in [0.1, 0.15) is 32.1 Å². The molecule has 0 spiro atoms. The molecule has 1 aromatic carbocycles. The zero-order valence-electron chi connectivity index (χ0n) is 20.7. The van der Waals surface area contributed by atoms with E-state index in [1.54, 1.807) is 25.3 Å². The van der Waals surface area contributed by atoms with E-state index in [1.807, 2.05) is 4.90 Å². The molecule has 0 saturated carbocycles. The summed E-state index contributed by atoms with van der Waals surface area (Å²) < 4.78 is 39.5. The number of carbonyl (C=O) groups is 1. The molecule has 1 N–H and O–H groups in total. The second-order valence-corrected chi connectivity index (χ2v) is 11.1. The maximum atomic E-state index is 12.9. The average molecular weight is 531 g/mol. The van der Waals surface area contributed by atoms with Gasteiger partial charge in [-0.3, -0.25) is 9.69 Å². The van der Waals surface area contributed by atoms with Crippen molar-refractivity contribution in [2.24, 2.45) is 0 Å². The van der Waals surface area contributed by atoms with Gasteiger partial charge in [-0.1, -0.05) is 6.42 Å². The summed E-state index contributed by atoms with van der Waals surface area (Å²) >= 11 is 5.71. The number of carbonyl (C=O) groups excluding carboxylic acids is 1. The Kier molecular flexibility index (Phi) is 11.4. The predicted octanol–water partition coefficient (Wildman–Crippen LogP) is 2.14. The minimum Gasteiger partial charge on any atom is -0.495 e. The van der Waals surface area contributed by atoms with Crippen LogP contribution >= 0.6 is 11.6 Å². The normalized spacial score (nSPS) is 17.5. The van der Waals surface area contributed by atoms with Crippen LogP contribution < -0.4 is 14.4 Å². The zero-order chi connectivity index (χ0) is 25.1. The van der Waals surface area contributed by atoms with Crippen LogP contribution in [0, 0.1) is 0 Å². The highest BCUT2D eigenvalue weighted by Crippen LogP contribution is 2.32. The van der Waals surface area contributed by atoms with Gasteiger partial charge in [0.25, 0.3) is 0 Å². The van der Waals surface area contributed by atoms with E-state index in [-0.39, 0.29) is 10.8 Å². The van der Waals surface area contributed by atoms with Crippen LogP contribution in [0.5, 0.6) is 5.75 Å². The Labute approximate surface area is 214 Å². The van der Waals surface area contributed by atoms with Gasteiger partial charge >= 0.3 is 0 Å². The predicted molar refractivity (Wildman–Crippen MR) is 138 cm³/mol. The fraction of sp³-hybridized carbons (Fsp3) is 0.708. The van der Waals surface area contributed by atoms with E-state index in [4.69, 9.17) is 21.1 Å². The van der Waals surface area contributed by atoms with Crippen molar-refractivity contribution in [1.29, 1.82) is 0 Å². The first-order chi connectivity index (χ1) is 16.9. The second kappa shape index (κ2) is 14.2. The van der Waals surface area contributed by atoms with Crippen molar-refractivity contribution >= 4 is 33.2 Å². The van der Waals surface area contributed by atoms with Crippen LogP contribution in [0.2, 0.25) is 0 Å². The van der Waals surface area contributed by atoms with Crippen LogP contribution in [-0.2, 0) is 19.6 Å². The van der Waals surface area contributed by atoms with Crippen molar-refractivity contribution < 1.29 is 22.7 Å². The first-order valence-corrected chi connectivity index (χ1v) is 14.5. The molecule has 1 aromatic rings. The molecular weight excluding hydrogens is 492 g/mol. The van der Waals surface area contributed by atoms with Gasteiger partial charge in [0.05, 0.1) is 30.9 Å². The lowest BCUT2D eigenvalue weighted by Gasteiger charge is -2.37. The molecule has 35 heavy (non-hydrogen) atoms. The Bertz CT molecular complexity index is 903.